The average molecular weight is 251 g/mol. The third-order valence-electron chi connectivity index (χ3n) is 4.16. The van der Waals surface area contributed by atoms with Crippen LogP contribution < -0.4 is 5.32 Å². The molecular formula is C14H19ClN2. The summed E-state index contributed by atoms with van der Waals surface area (Å²) in [6.07, 6.45) is 0. The Bertz CT molecular complexity index is 407. The van der Waals surface area contributed by atoms with Gasteiger partial charge in [0.2, 0.25) is 0 Å². The van der Waals surface area contributed by atoms with E-state index in [4.69, 9.17) is 11.6 Å². The molecule has 0 unspecified atom stereocenters. The molecule has 3 rings (SSSR count). The normalized spacial score (nSPS) is 28.6. The smallest absolute Gasteiger partial charge is 0.0408 e. The monoisotopic (exact) mass is 250 g/mol. The lowest BCUT2D eigenvalue weighted by Gasteiger charge is -2.18. The lowest BCUT2D eigenvalue weighted by Crippen LogP contribution is -2.25. The summed E-state index contributed by atoms with van der Waals surface area (Å²) in [5.41, 5.74) is 2.73. The van der Waals surface area contributed by atoms with Crippen molar-refractivity contribution >= 4 is 11.6 Å². The number of benzene rings is 1. The van der Waals surface area contributed by atoms with Gasteiger partial charge in [0.1, 0.15) is 0 Å². The minimum absolute atomic E-state index is 0.841. The van der Waals surface area contributed by atoms with E-state index in [1.54, 1.807) is 0 Å². The Balaban J connectivity index is 1.67. The molecular weight excluding hydrogens is 232 g/mol. The first-order valence-electron chi connectivity index (χ1n) is 6.40. The topological polar surface area (TPSA) is 15.3 Å². The number of hydrogen-bond acceptors (Lipinski definition) is 2. The van der Waals surface area contributed by atoms with Crippen LogP contribution in [0.5, 0.6) is 0 Å². The summed E-state index contributed by atoms with van der Waals surface area (Å²) in [5, 5.41) is 4.32. The molecule has 0 spiro atoms. The van der Waals surface area contributed by atoms with E-state index in [2.05, 4.69) is 29.3 Å². The molecule has 2 nitrogen and oxygen atoms in total. The van der Waals surface area contributed by atoms with E-state index in [0.717, 1.165) is 23.4 Å². The van der Waals surface area contributed by atoms with E-state index >= 15 is 0 Å². The lowest BCUT2D eigenvalue weighted by molar-refractivity contribution is 0.305. The van der Waals surface area contributed by atoms with E-state index in [0.29, 0.717) is 0 Å². The third kappa shape index (κ3) is 2.35. The molecule has 0 amide bonds. The Morgan fingerprint density at radius 3 is 2.65 bits per heavy atom. The van der Waals surface area contributed by atoms with E-state index in [1.807, 2.05) is 6.07 Å². The van der Waals surface area contributed by atoms with Crippen molar-refractivity contribution in [3.63, 3.8) is 0 Å². The zero-order valence-electron chi connectivity index (χ0n) is 10.2. The highest BCUT2D eigenvalue weighted by atomic mass is 35.5. The fourth-order valence-electron chi connectivity index (χ4n) is 3.16. The molecule has 92 valence electrons. The number of aryl methyl sites for hydroxylation is 1. The molecule has 2 aliphatic rings. The predicted octanol–water partition coefficient (Wildman–Crippen LogP) is 2.30. The van der Waals surface area contributed by atoms with E-state index in [1.165, 1.54) is 37.3 Å². The van der Waals surface area contributed by atoms with Gasteiger partial charge in [-0.25, -0.2) is 0 Å². The molecule has 0 saturated carbocycles. The van der Waals surface area contributed by atoms with Gasteiger partial charge in [-0.05, 0) is 55.1 Å². The highest BCUT2D eigenvalue weighted by molar-refractivity contribution is 6.30. The van der Waals surface area contributed by atoms with Gasteiger partial charge in [-0.3, -0.25) is 4.90 Å². The number of likely N-dealkylation sites (tertiary alicyclic amines) is 1. The van der Waals surface area contributed by atoms with Crippen LogP contribution in [0.25, 0.3) is 0 Å². The summed E-state index contributed by atoms with van der Waals surface area (Å²) in [6.45, 7) is 8.15. The minimum Gasteiger partial charge on any atom is -0.316 e. The second-order valence-electron chi connectivity index (χ2n) is 5.44. The molecule has 2 fully saturated rings. The standard InChI is InChI=1S/C14H19ClN2/c1-10-4-14(15)3-2-11(10)7-17-8-12-5-16-6-13(12)9-17/h2-4,12-13,16H,5-9H2,1H3/t12-,13+. The maximum absolute atomic E-state index is 5.99. The van der Waals surface area contributed by atoms with E-state index in [9.17, 15) is 0 Å². The fraction of sp³-hybridized carbons (Fsp3) is 0.571. The zero-order valence-corrected chi connectivity index (χ0v) is 11.0. The van der Waals surface area contributed by atoms with E-state index < -0.39 is 0 Å². The Labute approximate surface area is 108 Å². The van der Waals surface area contributed by atoms with Crippen molar-refractivity contribution in [3.8, 4) is 0 Å². The van der Waals surface area contributed by atoms with Gasteiger partial charge >= 0.3 is 0 Å². The second-order valence-corrected chi connectivity index (χ2v) is 5.88. The maximum atomic E-state index is 5.99. The minimum atomic E-state index is 0.841. The quantitative estimate of drug-likeness (QED) is 0.867. The van der Waals surface area contributed by atoms with Crippen molar-refractivity contribution in [1.29, 1.82) is 0 Å². The second kappa shape index (κ2) is 4.60. The van der Waals surface area contributed by atoms with Crippen LogP contribution in [0.3, 0.4) is 0 Å². The number of fused-ring (bicyclic) bond motifs is 1. The molecule has 1 aromatic carbocycles. The van der Waals surface area contributed by atoms with Crippen LogP contribution in [0.15, 0.2) is 18.2 Å². The van der Waals surface area contributed by atoms with Crippen molar-refractivity contribution in [2.45, 2.75) is 13.5 Å². The number of nitrogens with one attached hydrogen (secondary N) is 1. The van der Waals surface area contributed by atoms with Gasteiger partial charge in [0, 0.05) is 24.7 Å². The van der Waals surface area contributed by atoms with Crippen molar-refractivity contribution in [3.05, 3.63) is 34.3 Å². The van der Waals surface area contributed by atoms with Crippen LogP contribution in [0.2, 0.25) is 5.02 Å². The summed E-state index contributed by atoms with van der Waals surface area (Å²) in [5.74, 6) is 1.75. The van der Waals surface area contributed by atoms with Crippen molar-refractivity contribution in [2.75, 3.05) is 26.2 Å². The van der Waals surface area contributed by atoms with Gasteiger partial charge in [-0.2, -0.15) is 0 Å². The summed E-state index contributed by atoms with van der Waals surface area (Å²) in [6, 6.07) is 6.24. The maximum Gasteiger partial charge on any atom is 0.0408 e. The molecule has 2 saturated heterocycles. The van der Waals surface area contributed by atoms with Gasteiger partial charge < -0.3 is 5.32 Å². The van der Waals surface area contributed by atoms with Crippen LogP contribution in [0.4, 0.5) is 0 Å². The number of rotatable bonds is 2. The molecule has 0 aromatic heterocycles. The van der Waals surface area contributed by atoms with Crippen LogP contribution in [-0.4, -0.2) is 31.1 Å². The van der Waals surface area contributed by atoms with E-state index in [-0.39, 0.29) is 0 Å². The Morgan fingerprint density at radius 1 is 1.29 bits per heavy atom. The summed E-state index contributed by atoms with van der Waals surface area (Å²) >= 11 is 5.99. The lowest BCUT2D eigenvalue weighted by atomic mass is 10.0. The highest BCUT2D eigenvalue weighted by Gasteiger charge is 2.35. The molecule has 0 bridgehead atoms. The highest BCUT2D eigenvalue weighted by Crippen LogP contribution is 2.28. The van der Waals surface area contributed by atoms with Crippen LogP contribution in [0.1, 0.15) is 11.1 Å². The van der Waals surface area contributed by atoms with Crippen molar-refractivity contribution in [1.82, 2.24) is 10.2 Å². The SMILES string of the molecule is Cc1cc(Cl)ccc1CN1C[C@H]2CNC[C@H]2C1. The summed E-state index contributed by atoms with van der Waals surface area (Å²) in [7, 11) is 0. The average Bonchev–Trinajstić information content (AvgIpc) is 2.82. The van der Waals surface area contributed by atoms with Crippen LogP contribution in [0, 0.1) is 18.8 Å². The first kappa shape index (κ1) is 11.5. The number of halogens is 1. The van der Waals surface area contributed by atoms with Gasteiger partial charge in [-0.1, -0.05) is 17.7 Å². The van der Waals surface area contributed by atoms with Crippen LogP contribution >= 0.6 is 11.6 Å². The molecule has 2 aliphatic heterocycles. The first-order chi connectivity index (χ1) is 8.22. The molecule has 2 heterocycles. The molecule has 1 aromatic rings. The van der Waals surface area contributed by atoms with Gasteiger partial charge in [0.25, 0.3) is 0 Å². The largest absolute Gasteiger partial charge is 0.316 e. The molecule has 1 N–H and O–H groups in total. The van der Waals surface area contributed by atoms with Gasteiger partial charge in [0.15, 0.2) is 0 Å². The van der Waals surface area contributed by atoms with Gasteiger partial charge in [0.05, 0.1) is 0 Å². The Hall–Kier alpha value is -0.570. The van der Waals surface area contributed by atoms with Gasteiger partial charge in [-0.15, -0.1) is 0 Å². The third-order valence-corrected chi connectivity index (χ3v) is 4.40. The number of hydrogen-bond donors (Lipinski definition) is 1. The number of nitrogens with zero attached hydrogens (tertiary/aromatic N) is 1. The summed E-state index contributed by atoms with van der Waals surface area (Å²) < 4.78 is 0. The van der Waals surface area contributed by atoms with Crippen LogP contribution in [-0.2, 0) is 6.54 Å². The van der Waals surface area contributed by atoms with Crippen molar-refractivity contribution < 1.29 is 0 Å². The zero-order chi connectivity index (χ0) is 11.8. The molecule has 17 heavy (non-hydrogen) atoms. The summed E-state index contributed by atoms with van der Waals surface area (Å²) in [4.78, 5) is 2.59. The Kier molecular flexibility index (Phi) is 3.12. The first-order valence-corrected chi connectivity index (χ1v) is 6.78. The molecule has 0 aliphatic carbocycles. The fourth-order valence-corrected chi connectivity index (χ4v) is 3.39. The molecule has 3 heteroatoms. The molecule has 2 atom stereocenters. The predicted molar refractivity (Wildman–Crippen MR) is 71.3 cm³/mol. The van der Waals surface area contributed by atoms with Crippen molar-refractivity contribution in [2.24, 2.45) is 11.8 Å². The Morgan fingerprint density at radius 2 is 2.00 bits per heavy atom. The molecule has 0 radical (unpaired) electrons.